The van der Waals surface area contributed by atoms with E-state index in [0.29, 0.717) is 35.8 Å². The zero-order valence-electron chi connectivity index (χ0n) is 22.6. The molecule has 2 aromatic carbocycles. The van der Waals surface area contributed by atoms with Gasteiger partial charge in [0.25, 0.3) is 10.0 Å². The number of amides is 1. The number of nitrogens with zero attached hydrogens (tertiary/aromatic N) is 2. The molecule has 1 heterocycles. The first-order valence-corrected chi connectivity index (χ1v) is 14.6. The molecule has 2 aromatic rings. The highest BCUT2D eigenvalue weighted by atomic mass is 32.2. The number of nitrogens with one attached hydrogen (secondary N) is 1. The van der Waals surface area contributed by atoms with E-state index in [1.54, 1.807) is 35.2 Å². The molecule has 2 N–H and O–H groups in total. The summed E-state index contributed by atoms with van der Waals surface area (Å²) in [6, 6.07) is 10.8. The molecule has 208 valence electrons. The summed E-state index contributed by atoms with van der Waals surface area (Å²) in [5.41, 5.74) is 0.941. The molecule has 2 aliphatic rings. The van der Waals surface area contributed by atoms with Crippen LogP contribution in [0, 0.1) is 11.8 Å². The van der Waals surface area contributed by atoms with E-state index in [9.17, 15) is 18.3 Å². The summed E-state index contributed by atoms with van der Waals surface area (Å²) < 4.78 is 40.3. The molecule has 10 heteroatoms. The maximum absolute atomic E-state index is 13.4. The molecule has 4 rings (SSSR count). The predicted molar refractivity (Wildman–Crippen MR) is 146 cm³/mol. The van der Waals surface area contributed by atoms with Crippen LogP contribution in [0.2, 0.25) is 0 Å². The van der Waals surface area contributed by atoms with E-state index >= 15 is 0 Å². The minimum Gasteiger partial charge on any atom is -0.497 e. The SMILES string of the molecule is COc1ccc(S(=O)(=O)Nc2ccc3c(c2)CC(=O)N([C@@H](C)CO)C[C@@H](C)[C@H](CN(C)CC2CC2)O3)cc1. The van der Waals surface area contributed by atoms with Gasteiger partial charge >= 0.3 is 0 Å². The fourth-order valence-corrected chi connectivity index (χ4v) is 5.85. The average Bonchev–Trinajstić information content (AvgIpc) is 3.70. The molecule has 1 aliphatic carbocycles. The summed E-state index contributed by atoms with van der Waals surface area (Å²) in [6.45, 7) is 5.95. The van der Waals surface area contributed by atoms with Crippen molar-refractivity contribution in [3.05, 3.63) is 48.0 Å². The molecular weight excluding hydrogens is 506 g/mol. The van der Waals surface area contributed by atoms with Crippen molar-refractivity contribution in [2.45, 2.75) is 50.2 Å². The Hall–Kier alpha value is -2.82. The van der Waals surface area contributed by atoms with Crippen LogP contribution in [0.5, 0.6) is 11.5 Å². The van der Waals surface area contributed by atoms with Crippen LogP contribution in [0.4, 0.5) is 5.69 Å². The third-order valence-corrected chi connectivity index (χ3v) is 8.69. The number of aliphatic hydroxyl groups is 1. The van der Waals surface area contributed by atoms with Crippen molar-refractivity contribution >= 4 is 21.6 Å². The Bertz CT molecular complexity index is 1220. The summed E-state index contributed by atoms with van der Waals surface area (Å²) in [7, 11) is -0.239. The second-order valence-corrected chi connectivity index (χ2v) is 12.3. The van der Waals surface area contributed by atoms with Gasteiger partial charge in [-0.1, -0.05) is 6.92 Å². The van der Waals surface area contributed by atoms with Crippen LogP contribution in [-0.4, -0.2) is 81.8 Å². The van der Waals surface area contributed by atoms with Crippen LogP contribution in [0.3, 0.4) is 0 Å². The molecule has 1 amide bonds. The maximum atomic E-state index is 13.4. The van der Waals surface area contributed by atoms with Crippen molar-refractivity contribution in [1.29, 1.82) is 0 Å². The van der Waals surface area contributed by atoms with E-state index in [2.05, 4.69) is 23.6 Å². The number of sulfonamides is 1. The van der Waals surface area contributed by atoms with Gasteiger partial charge in [-0.05, 0) is 75.2 Å². The Morgan fingerprint density at radius 2 is 1.89 bits per heavy atom. The minimum atomic E-state index is -3.85. The zero-order valence-corrected chi connectivity index (χ0v) is 23.4. The fraction of sp³-hybridized carbons (Fsp3) is 0.536. The Labute approximate surface area is 225 Å². The molecule has 0 aromatic heterocycles. The summed E-state index contributed by atoms with van der Waals surface area (Å²) in [5, 5.41) is 9.83. The van der Waals surface area contributed by atoms with Crippen LogP contribution in [0.25, 0.3) is 0 Å². The number of rotatable bonds is 10. The highest BCUT2D eigenvalue weighted by Gasteiger charge is 2.32. The van der Waals surface area contributed by atoms with Crippen molar-refractivity contribution in [3.8, 4) is 11.5 Å². The van der Waals surface area contributed by atoms with Gasteiger partial charge in [0, 0.05) is 36.8 Å². The van der Waals surface area contributed by atoms with Crippen LogP contribution in [0.1, 0.15) is 32.3 Å². The molecule has 0 unspecified atom stereocenters. The lowest BCUT2D eigenvalue weighted by Crippen LogP contribution is -2.47. The molecule has 1 fully saturated rings. The standard InChI is InChI=1S/C28H39N3O6S/c1-19-15-31(20(2)18-32)28(33)14-22-13-23(29-38(34,35)25-10-8-24(36-4)9-11-25)7-12-26(22)37-27(19)17-30(3)16-21-5-6-21/h7-13,19-21,27,29,32H,5-6,14-18H2,1-4H3/t19-,20+,27+/m1/s1. The first-order valence-electron chi connectivity index (χ1n) is 13.1. The molecule has 1 aliphatic heterocycles. The number of hydrogen-bond donors (Lipinski definition) is 2. The Morgan fingerprint density at radius 3 is 2.53 bits per heavy atom. The molecule has 0 radical (unpaired) electrons. The van der Waals surface area contributed by atoms with E-state index in [1.165, 1.54) is 32.1 Å². The third kappa shape index (κ3) is 6.98. The Kier molecular flexibility index (Phi) is 8.85. The van der Waals surface area contributed by atoms with Crippen LogP contribution in [0.15, 0.2) is 47.4 Å². The van der Waals surface area contributed by atoms with E-state index in [-0.39, 0.29) is 41.9 Å². The van der Waals surface area contributed by atoms with Gasteiger partial charge in [-0.25, -0.2) is 8.42 Å². The number of carbonyl (C=O) groups is 1. The van der Waals surface area contributed by atoms with E-state index in [0.717, 1.165) is 12.5 Å². The number of likely N-dealkylation sites (N-methyl/N-ethyl adjacent to an activating group) is 1. The van der Waals surface area contributed by atoms with Gasteiger partial charge in [-0.2, -0.15) is 0 Å². The summed E-state index contributed by atoms with van der Waals surface area (Å²) >= 11 is 0. The molecule has 3 atom stereocenters. The van der Waals surface area contributed by atoms with Gasteiger partial charge in [0.15, 0.2) is 0 Å². The van der Waals surface area contributed by atoms with Crippen LogP contribution >= 0.6 is 0 Å². The second-order valence-electron chi connectivity index (χ2n) is 10.7. The predicted octanol–water partition coefficient (Wildman–Crippen LogP) is 2.99. The fourth-order valence-electron chi connectivity index (χ4n) is 4.80. The quantitative estimate of drug-likeness (QED) is 0.473. The first kappa shape index (κ1) is 28.2. The van der Waals surface area contributed by atoms with E-state index < -0.39 is 10.0 Å². The number of carbonyl (C=O) groups excluding carboxylic acids is 1. The van der Waals surface area contributed by atoms with Crippen molar-refractivity contribution in [2.75, 3.05) is 45.1 Å². The van der Waals surface area contributed by atoms with Gasteiger partial charge in [-0.3, -0.25) is 9.52 Å². The van der Waals surface area contributed by atoms with Crippen LogP contribution < -0.4 is 14.2 Å². The smallest absolute Gasteiger partial charge is 0.261 e. The van der Waals surface area contributed by atoms with Crippen molar-refractivity contribution in [2.24, 2.45) is 11.8 Å². The van der Waals surface area contributed by atoms with Crippen molar-refractivity contribution < 1.29 is 27.8 Å². The van der Waals surface area contributed by atoms with Crippen molar-refractivity contribution in [3.63, 3.8) is 0 Å². The van der Waals surface area contributed by atoms with Gasteiger partial charge in [0.05, 0.1) is 31.1 Å². The number of fused-ring (bicyclic) bond motifs is 1. The Morgan fingerprint density at radius 1 is 1.18 bits per heavy atom. The first-order chi connectivity index (χ1) is 18.1. The monoisotopic (exact) mass is 545 g/mol. The van der Waals surface area contributed by atoms with E-state index in [1.807, 2.05) is 6.92 Å². The Balaban J connectivity index is 1.62. The highest BCUT2D eigenvalue weighted by Crippen LogP contribution is 2.32. The third-order valence-electron chi connectivity index (χ3n) is 7.30. The number of benzene rings is 2. The lowest BCUT2D eigenvalue weighted by Gasteiger charge is -2.34. The number of ether oxygens (including phenoxy) is 2. The number of anilines is 1. The normalized spacial score (nSPS) is 21.1. The molecule has 0 bridgehead atoms. The number of hydrogen-bond acceptors (Lipinski definition) is 7. The maximum Gasteiger partial charge on any atom is 0.261 e. The van der Waals surface area contributed by atoms with Crippen LogP contribution in [-0.2, 0) is 21.2 Å². The molecule has 38 heavy (non-hydrogen) atoms. The number of methoxy groups -OCH3 is 1. The molecule has 1 saturated carbocycles. The average molecular weight is 546 g/mol. The highest BCUT2D eigenvalue weighted by molar-refractivity contribution is 7.92. The van der Waals surface area contributed by atoms with Gasteiger partial charge in [0.1, 0.15) is 17.6 Å². The summed E-state index contributed by atoms with van der Waals surface area (Å²) in [6.07, 6.45) is 2.38. The molecule has 9 nitrogen and oxygen atoms in total. The van der Waals surface area contributed by atoms with Gasteiger partial charge in [-0.15, -0.1) is 0 Å². The molecule has 0 saturated heterocycles. The second kappa shape index (κ2) is 11.9. The van der Waals surface area contributed by atoms with Crippen molar-refractivity contribution in [1.82, 2.24) is 9.80 Å². The van der Waals surface area contributed by atoms with E-state index in [4.69, 9.17) is 9.47 Å². The zero-order chi connectivity index (χ0) is 27.4. The molecule has 0 spiro atoms. The largest absolute Gasteiger partial charge is 0.497 e. The van der Waals surface area contributed by atoms with Gasteiger partial charge in [0.2, 0.25) is 5.91 Å². The topological polar surface area (TPSA) is 108 Å². The summed E-state index contributed by atoms with van der Waals surface area (Å²) in [5.74, 6) is 1.76. The molecular formula is C28H39N3O6S. The minimum absolute atomic E-state index is 0.0220. The van der Waals surface area contributed by atoms with Gasteiger partial charge < -0.3 is 24.4 Å². The lowest BCUT2D eigenvalue weighted by molar-refractivity contribution is -0.134. The number of aliphatic hydroxyl groups excluding tert-OH is 1. The lowest BCUT2D eigenvalue weighted by atomic mass is 10.0. The summed E-state index contributed by atoms with van der Waals surface area (Å²) in [4.78, 5) is 17.5.